The third-order valence-electron chi connectivity index (χ3n) is 2.86. The Kier molecular flexibility index (Phi) is 3.67. The summed E-state index contributed by atoms with van der Waals surface area (Å²) in [5, 5.41) is 9.18. The van der Waals surface area contributed by atoms with Gasteiger partial charge in [-0.25, -0.2) is 4.39 Å². The molecule has 3 nitrogen and oxygen atoms in total. The molecule has 1 heterocycles. The van der Waals surface area contributed by atoms with Crippen molar-refractivity contribution < 1.29 is 9.18 Å². The second-order valence-electron chi connectivity index (χ2n) is 4.17. The van der Waals surface area contributed by atoms with Crippen LogP contribution in [0, 0.1) is 24.1 Å². The summed E-state index contributed by atoms with van der Waals surface area (Å²) in [5.74, 6) is -1.66. The number of carbonyl (C=O) groups excluding carboxylic acids is 1. The van der Waals surface area contributed by atoms with Gasteiger partial charge in [0.1, 0.15) is 11.7 Å². The van der Waals surface area contributed by atoms with Gasteiger partial charge in [0.25, 0.3) is 0 Å². The minimum absolute atomic E-state index is 0.340. The van der Waals surface area contributed by atoms with Gasteiger partial charge in [-0.1, -0.05) is 6.07 Å². The van der Waals surface area contributed by atoms with E-state index >= 15 is 0 Å². The van der Waals surface area contributed by atoms with Gasteiger partial charge in [0.05, 0.1) is 6.07 Å². The van der Waals surface area contributed by atoms with Crippen LogP contribution in [0.5, 0.6) is 0 Å². The molecule has 1 aromatic carbocycles. The third kappa shape index (κ3) is 2.66. The second-order valence-corrected chi connectivity index (χ2v) is 4.17. The summed E-state index contributed by atoms with van der Waals surface area (Å²) in [7, 11) is 0. The molecule has 4 heteroatoms. The van der Waals surface area contributed by atoms with E-state index in [2.05, 4.69) is 4.98 Å². The summed E-state index contributed by atoms with van der Waals surface area (Å²) < 4.78 is 13.0. The van der Waals surface area contributed by atoms with E-state index in [-0.39, 0.29) is 5.78 Å². The molecule has 0 saturated heterocycles. The Labute approximate surface area is 110 Å². The molecule has 0 saturated carbocycles. The highest BCUT2D eigenvalue weighted by Gasteiger charge is 2.23. The van der Waals surface area contributed by atoms with E-state index < -0.39 is 11.7 Å². The molecular weight excluding hydrogens is 243 g/mol. The van der Waals surface area contributed by atoms with Gasteiger partial charge in [-0.2, -0.15) is 5.26 Å². The van der Waals surface area contributed by atoms with Crippen molar-refractivity contribution in [3.05, 3.63) is 65.2 Å². The first kappa shape index (κ1) is 12.9. The highest BCUT2D eigenvalue weighted by Crippen LogP contribution is 2.22. The first-order chi connectivity index (χ1) is 9.13. The Morgan fingerprint density at radius 1 is 1.42 bits per heavy atom. The Hall–Kier alpha value is -2.54. The molecule has 94 valence electrons. The van der Waals surface area contributed by atoms with Crippen LogP contribution >= 0.6 is 0 Å². The van der Waals surface area contributed by atoms with Crippen molar-refractivity contribution in [3.63, 3.8) is 0 Å². The number of nitrogens with zero attached hydrogens (tertiary/aromatic N) is 2. The Morgan fingerprint density at radius 3 is 2.79 bits per heavy atom. The van der Waals surface area contributed by atoms with Crippen molar-refractivity contribution in [1.29, 1.82) is 5.26 Å². The Balaban J connectivity index is 2.40. The molecule has 0 N–H and O–H groups in total. The van der Waals surface area contributed by atoms with Crippen molar-refractivity contribution in [2.45, 2.75) is 12.8 Å². The fourth-order valence-electron chi connectivity index (χ4n) is 1.89. The van der Waals surface area contributed by atoms with E-state index in [1.807, 2.05) is 6.07 Å². The lowest BCUT2D eigenvalue weighted by Gasteiger charge is -2.10. The minimum Gasteiger partial charge on any atom is -0.292 e. The molecule has 2 aromatic rings. The first-order valence-electron chi connectivity index (χ1n) is 5.73. The summed E-state index contributed by atoms with van der Waals surface area (Å²) in [6.07, 6.45) is 3.07. The maximum absolute atomic E-state index is 13.0. The number of aryl methyl sites for hydroxylation is 1. The number of rotatable bonds is 3. The highest BCUT2D eigenvalue weighted by molar-refractivity contribution is 6.03. The second kappa shape index (κ2) is 5.40. The van der Waals surface area contributed by atoms with Crippen molar-refractivity contribution in [1.82, 2.24) is 4.98 Å². The molecule has 0 spiro atoms. The van der Waals surface area contributed by atoms with Gasteiger partial charge in [-0.3, -0.25) is 9.78 Å². The molecule has 0 aliphatic heterocycles. The average molecular weight is 254 g/mol. The smallest absolute Gasteiger partial charge is 0.184 e. The van der Waals surface area contributed by atoms with E-state index in [4.69, 9.17) is 0 Å². The van der Waals surface area contributed by atoms with Crippen molar-refractivity contribution in [2.75, 3.05) is 0 Å². The van der Waals surface area contributed by atoms with E-state index in [0.29, 0.717) is 16.7 Å². The van der Waals surface area contributed by atoms with Crippen LogP contribution < -0.4 is 0 Å². The largest absolute Gasteiger partial charge is 0.292 e. The zero-order chi connectivity index (χ0) is 13.8. The van der Waals surface area contributed by atoms with E-state index in [9.17, 15) is 14.4 Å². The molecule has 0 fully saturated rings. The quantitative estimate of drug-likeness (QED) is 0.791. The molecule has 1 atom stereocenters. The average Bonchev–Trinajstić information content (AvgIpc) is 2.40. The van der Waals surface area contributed by atoms with Crippen molar-refractivity contribution in [2.24, 2.45) is 0 Å². The van der Waals surface area contributed by atoms with Gasteiger partial charge in [-0.05, 0) is 42.3 Å². The molecule has 0 aliphatic carbocycles. The van der Waals surface area contributed by atoms with Crippen LogP contribution in [0.1, 0.15) is 27.4 Å². The van der Waals surface area contributed by atoms with Crippen LogP contribution in [0.3, 0.4) is 0 Å². The van der Waals surface area contributed by atoms with Crippen molar-refractivity contribution >= 4 is 5.78 Å². The van der Waals surface area contributed by atoms with Crippen LogP contribution in [-0.2, 0) is 0 Å². The molecule has 0 bridgehead atoms. The number of carbonyl (C=O) groups is 1. The molecule has 1 aromatic heterocycles. The van der Waals surface area contributed by atoms with Gasteiger partial charge in [0.2, 0.25) is 0 Å². The minimum atomic E-state index is -0.919. The lowest BCUT2D eigenvalue weighted by molar-refractivity contribution is 0.0978. The third-order valence-corrected chi connectivity index (χ3v) is 2.86. The van der Waals surface area contributed by atoms with E-state index in [0.717, 1.165) is 0 Å². The van der Waals surface area contributed by atoms with Crippen LogP contribution in [0.15, 0.2) is 42.7 Å². The summed E-state index contributed by atoms with van der Waals surface area (Å²) in [6.45, 7) is 1.65. The SMILES string of the molecule is Cc1cc(F)ccc1C(=O)C(C#N)c1cccnc1. The number of Topliss-reactive ketones (excluding diaryl/α,β-unsaturated/α-hetero) is 1. The molecule has 19 heavy (non-hydrogen) atoms. The summed E-state index contributed by atoms with van der Waals surface area (Å²) in [6, 6.07) is 9.24. The predicted octanol–water partition coefficient (Wildman–Crippen LogP) is 3.02. The highest BCUT2D eigenvalue weighted by atomic mass is 19.1. The molecule has 1 unspecified atom stereocenters. The predicted molar refractivity (Wildman–Crippen MR) is 68.1 cm³/mol. The van der Waals surface area contributed by atoms with Crippen LogP contribution in [0.25, 0.3) is 0 Å². The molecular formula is C15H11FN2O. The summed E-state index contributed by atoms with van der Waals surface area (Å²) >= 11 is 0. The number of hydrogen-bond donors (Lipinski definition) is 0. The van der Waals surface area contributed by atoms with Gasteiger partial charge < -0.3 is 0 Å². The van der Waals surface area contributed by atoms with E-state index in [1.54, 1.807) is 25.3 Å². The number of pyridine rings is 1. The maximum atomic E-state index is 13.0. The summed E-state index contributed by atoms with van der Waals surface area (Å²) in [5.41, 5.74) is 1.42. The normalized spacial score (nSPS) is 11.6. The lowest BCUT2D eigenvalue weighted by atomic mass is 9.91. The molecule has 2 rings (SSSR count). The van der Waals surface area contributed by atoms with Gasteiger partial charge in [0.15, 0.2) is 5.78 Å². The standard InChI is InChI=1S/C15H11FN2O/c1-10-7-12(16)4-5-13(10)15(19)14(8-17)11-3-2-6-18-9-11/h2-7,9,14H,1H3. The number of benzene rings is 1. The van der Waals surface area contributed by atoms with Crippen LogP contribution in [0.2, 0.25) is 0 Å². The number of nitriles is 1. The monoisotopic (exact) mass is 254 g/mol. The Bertz CT molecular complexity index is 647. The molecule has 0 amide bonds. The fourth-order valence-corrected chi connectivity index (χ4v) is 1.89. The zero-order valence-corrected chi connectivity index (χ0v) is 10.3. The molecule has 0 radical (unpaired) electrons. The number of halogens is 1. The van der Waals surface area contributed by atoms with Crippen LogP contribution in [0.4, 0.5) is 4.39 Å². The lowest BCUT2D eigenvalue weighted by Crippen LogP contribution is -2.13. The number of ketones is 1. The first-order valence-corrected chi connectivity index (χ1v) is 5.73. The zero-order valence-electron chi connectivity index (χ0n) is 10.3. The van der Waals surface area contributed by atoms with Crippen molar-refractivity contribution in [3.8, 4) is 6.07 Å². The van der Waals surface area contributed by atoms with Gasteiger partial charge >= 0.3 is 0 Å². The molecule has 0 aliphatic rings. The summed E-state index contributed by atoms with van der Waals surface area (Å²) in [4.78, 5) is 16.2. The topological polar surface area (TPSA) is 53.8 Å². The van der Waals surface area contributed by atoms with Crippen LogP contribution in [-0.4, -0.2) is 10.8 Å². The van der Waals surface area contributed by atoms with Gasteiger partial charge in [-0.15, -0.1) is 0 Å². The van der Waals surface area contributed by atoms with Gasteiger partial charge in [0, 0.05) is 18.0 Å². The van der Waals surface area contributed by atoms with E-state index in [1.165, 1.54) is 24.4 Å². The number of aromatic nitrogens is 1. The number of hydrogen-bond acceptors (Lipinski definition) is 3. The Morgan fingerprint density at radius 2 is 2.21 bits per heavy atom. The fraction of sp³-hybridized carbons (Fsp3) is 0.133. The maximum Gasteiger partial charge on any atom is 0.184 e.